The Morgan fingerprint density at radius 3 is 1.83 bits per heavy atom. The molecule has 0 radical (unpaired) electrons. The second kappa shape index (κ2) is 3.72. The number of rotatable bonds is 0. The number of aromatic nitrogens is 1. The minimum atomic E-state index is 0. The first-order valence-electron chi connectivity index (χ1n) is 1.58. The van der Waals surface area contributed by atoms with E-state index in [2.05, 4.69) is 4.98 Å². The molecule has 6 heavy (non-hydrogen) atoms. The van der Waals surface area contributed by atoms with E-state index >= 15 is 0 Å². The minimum absolute atomic E-state index is 0. The third-order valence-electron chi connectivity index (χ3n) is 0.496. The SMILES string of the molecule is [Ca+2].[H-].[H-].c1cc[nH]c1. The van der Waals surface area contributed by atoms with Crippen molar-refractivity contribution < 1.29 is 2.85 Å². The third kappa shape index (κ3) is 1.85. The van der Waals surface area contributed by atoms with Crippen LogP contribution < -0.4 is 0 Å². The van der Waals surface area contributed by atoms with Crippen LogP contribution in [-0.4, -0.2) is 42.7 Å². The summed E-state index contributed by atoms with van der Waals surface area (Å²) in [5, 5.41) is 0. The van der Waals surface area contributed by atoms with E-state index < -0.39 is 0 Å². The molecular formula is C4H7CaN. The molecule has 0 atom stereocenters. The Hall–Kier alpha value is 0.540. The van der Waals surface area contributed by atoms with Crippen LogP contribution in [0.3, 0.4) is 0 Å². The summed E-state index contributed by atoms with van der Waals surface area (Å²) in [4.78, 5) is 2.86. The predicted octanol–water partition coefficient (Wildman–Crippen LogP) is 0.859. The van der Waals surface area contributed by atoms with Crippen molar-refractivity contribution in [1.29, 1.82) is 0 Å². The fourth-order valence-electron chi connectivity index (χ4n) is 0.278. The standard InChI is InChI=1S/C4H5N.Ca.2H/c1-2-4-5-3-1;;;/h1-5H;;;/q;+2;2*-1. The maximum Gasteiger partial charge on any atom is 2.00 e. The zero-order valence-electron chi connectivity index (χ0n) is 5.52. The number of hydrogen-bond donors (Lipinski definition) is 1. The first-order valence-corrected chi connectivity index (χ1v) is 1.58. The number of hydrogen-bond acceptors (Lipinski definition) is 0. The van der Waals surface area contributed by atoms with Gasteiger partial charge in [-0.3, -0.25) is 0 Å². The molecule has 0 saturated heterocycles. The van der Waals surface area contributed by atoms with Gasteiger partial charge < -0.3 is 7.84 Å². The van der Waals surface area contributed by atoms with Crippen molar-refractivity contribution in [2.45, 2.75) is 0 Å². The molecule has 0 aliphatic rings. The molecule has 0 fully saturated rings. The van der Waals surface area contributed by atoms with Crippen LogP contribution >= 0.6 is 0 Å². The van der Waals surface area contributed by atoms with Gasteiger partial charge in [-0.05, 0) is 12.1 Å². The molecule has 1 aromatic heterocycles. The predicted molar refractivity (Wildman–Crippen MR) is 28.8 cm³/mol. The van der Waals surface area contributed by atoms with E-state index in [0.717, 1.165) is 0 Å². The van der Waals surface area contributed by atoms with Crippen molar-refractivity contribution in [3.63, 3.8) is 0 Å². The van der Waals surface area contributed by atoms with Gasteiger partial charge in [0.1, 0.15) is 0 Å². The van der Waals surface area contributed by atoms with E-state index in [1.807, 2.05) is 24.5 Å². The van der Waals surface area contributed by atoms with Gasteiger partial charge >= 0.3 is 37.7 Å². The van der Waals surface area contributed by atoms with Crippen molar-refractivity contribution in [3.8, 4) is 0 Å². The maximum atomic E-state index is 2.86. The van der Waals surface area contributed by atoms with Crippen molar-refractivity contribution in [1.82, 2.24) is 4.98 Å². The van der Waals surface area contributed by atoms with E-state index in [4.69, 9.17) is 0 Å². The van der Waals surface area contributed by atoms with Crippen LogP contribution in [0.15, 0.2) is 24.5 Å². The molecule has 0 saturated carbocycles. The van der Waals surface area contributed by atoms with Crippen LogP contribution in [0.2, 0.25) is 0 Å². The topological polar surface area (TPSA) is 15.8 Å². The van der Waals surface area contributed by atoms with Gasteiger partial charge in [0.2, 0.25) is 0 Å². The van der Waals surface area contributed by atoms with E-state index in [1.165, 1.54) is 0 Å². The van der Waals surface area contributed by atoms with Gasteiger partial charge in [-0.15, -0.1) is 0 Å². The summed E-state index contributed by atoms with van der Waals surface area (Å²) in [5.41, 5.74) is 0. The van der Waals surface area contributed by atoms with Crippen molar-refractivity contribution in [3.05, 3.63) is 24.5 Å². The van der Waals surface area contributed by atoms with Gasteiger partial charge in [0.05, 0.1) is 0 Å². The summed E-state index contributed by atoms with van der Waals surface area (Å²) in [6.07, 6.45) is 3.75. The molecule has 30 valence electrons. The summed E-state index contributed by atoms with van der Waals surface area (Å²) in [7, 11) is 0. The second-order valence-corrected chi connectivity index (χ2v) is 0.885. The summed E-state index contributed by atoms with van der Waals surface area (Å²) < 4.78 is 0. The molecule has 0 spiro atoms. The van der Waals surface area contributed by atoms with Crippen LogP contribution in [0.25, 0.3) is 0 Å². The zero-order valence-corrected chi connectivity index (χ0v) is 5.72. The molecule has 0 aliphatic carbocycles. The molecule has 1 aromatic rings. The molecule has 0 bridgehead atoms. The van der Waals surface area contributed by atoms with E-state index in [1.54, 1.807) is 0 Å². The molecule has 1 heterocycles. The van der Waals surface area contributed by atoms with Gasteiger partial charge in [-0.2, -0.15) is 0 Å². The second-order valence-electron chi connectivity index (χ2n) is 0.885. The summed E-state index contributed by atoms with van der Waals surface area (Å²) >= 11 is 0. The van der Waals surface area contributed by atoms with Gasteiger partial charge in [0, 0.05) is 12.4 Å². The van der Waals surface area contributed by atoms with Gasteiger partial charge in [-0.1, -0.05) is 0 Å². The van der Waals surface area contributed by atoms with E-state index in [9.17, 15) is 0 Å². The van der Waals surface area contributed by atoms with Crippen LogP contribution in [0.1, 0.15) is 2.85 Å². The minimum Gasteiger partial charge on any atom is -1.00 e. The Labute approximate surface area is 69.7 Å². The summed E-state index contributed by atoms with van der Waals surface area (Å²) in [6.45, 7) is 0. The van der Waals surface area contributed by atoms with Crippen molar-refractivity contribution in [2.75, 3.05) is 0 Å². The van der Waals surface area contributed by atoms with E-state index in [-0.39, 0.29) is 40.6 Å². The molecule has 0 aromatic carbocycles. The molecular weight excluding hydrogens is 102 g/mol. The van der Waals surface area contributed by atoms with Crippen LogP contribution in [0.5, 0.6) is 0 Å². The quantitative estimate of drug-likeness (QED) is 0.475. The molecule has 1 N–H and O–H groups in total. The molecule has 0 amide bonds. The van der Waals surface area contributed by atoms with Crippen molar-refractivity contribution >= 4 is 37.7 Å². The van der Waals surface area contributed by atoms with Gasteiger partial charge in [0.15, 0.2) is 0 Å². The van der Waals surface area contributed by atoms with Crippen LogP contribution in [0, 0.1) is 0 Å². The molecule has 0 unspecified atom stereocenters. The molecule has 1 rings (SSSR count). The fourth-order valence-corrected chi connectivity index (χ4v) is 0.278. The first-order chi connectivity index (χ1) is 2.50. The summed E-state index contributed by atoms with van der Waals surface area (Å²) in [6, 6.07) is 3.89. The number of nitrogens with one attached hydrogen (secondary N) is 1. The summed E-state index contributed by atoms with van der Waals surface area (Å²) in [5.74, 6) is 0. The Morgan fingerprint density at radius 2 is 1.67 bits per heavy atom. The van der Waals surface area contributed by atoms with Gasteiger partial charge in [-0.25, -0.2) is 0 Å². The number of H-pyrrole nitrogens is 1. The van der Waals surface area contributed by atoms with Crippen LogP contribution in [0.4, 0.5) is 0 Å². The normalized spacial score (nSPS) is 6.67. The molecule has 2 heteroatoms. The molecule has 0 aliphatic heterocycles. The Kier molecular flexibility index (Phi) is 4.05. The smallest absolute Gasteiger partial charge is 1.00 e. The Balaban J connectivity index is -0.0000000833. The third-order valence-corrected chi connectivity index (χ3v) is 0.496. The van der Waals surface area contributed by atoms with Gasteiger partial charge in [0.25, 0.3) is 0 Å². The fraction of sp³-hybridized carbons (Fsp3) is 0. The average molecular weight is 109 g/mol. The number of aromatic amines is 1. The molecule has 1 nitrogen and oxygen atoms in total. The first kappa shape index (κ1) is 6.54. The van der Waals surface area contributed by atoms with Crippen LogP contribution in [-0.2, 0) is 0 Å². The monoisotopic (exact) mass is 109 g/mol. The maximum absolute atomic E-state index is 2.86. The average Bonchev–Trinajstić information content (AvgIpc) is 1.76. The Bertz CT molecular complexity index is 70.5. The van der Waals surface area contributed by atoms with Crippen molar-refractivity contribution in [2.24, 2.45) is 0 Å². The zero-order chi connectivity index (χ0) is 3.54. The largest absolute Gasteiger partial charge is 2.00 e. The van der Waals surface area contributed by atoms with E-state index in [0.29, 0.717) is 0 Å². The Morgan fingerprint density at radius 1 is 1.17 bits per heavy atom.